The molecule has 0 aromatic heterocycles. The van der Waals surface area contributed by atoms with Crippen LogP contribution < -0.4 is 0 Å². The van der Waals surface area contributed by atoms with Crippen molar-refractivity contribution >= 4 is 43.1 Å². The van der Waals surface area contributed by atoms with Crippen LogP contribution >= 0.6 is 0 Å². The summed E-state index contributed by atoms with van der Waals surface area (Å²) >= 11 is 0. The smallest absolute Gasteiger partial charge is 0.00237 e. The van der Waals surface area contributed by atoms with Crippen LogP contribution in [0.2, 0.25) is 0 Å². The lowest BCUT2D eigenvalue weighted by atomic mass is 9.84. The second kappa shape index (κ2) is 11.1. The van der Waals surface area contributed by atoms with Crippen LogP contribution in [0.15, 0.2) is 176 Å². The Balaban J connectivity index is 1.23. The normalized spacial score (nSPS) is 11.5. The van der Waals surface area contributed by atoms with E-state index < -0.39 is 0 Å². The maximum atomic E-state index is 2.41. The molecule has 9 aromatic carbocycles. The molecule has 0 nitrogen and oxygen atoms in total. The third kappa shape index (κ3) is 4.53. The van der Waals surface area contributed by atoms with Crippen molar-refractivity contribution in [1.29, 1.82) is 0 Å². The fraction of sp³-hybridized carbons (Fsp3) is 0.0213. The summed E-state index contributed by atoms with van der Waals surface area (Å²) in [5.74, 6) is 0. The first kappa shape index (κ1) is 27.3. The zero-order valence-electron chi connectivity index (χ0n) is 26.2. The Kier molecular flexibility index (Phi) is 6.47. The summed E-state index contributed by atoms with van der Waals surface area (Å²) in [6, 6.07) is 64.5. The van der Waals surface area contributed by atoms with E-state index in [2.05, 4.69) is 183 Å². The molecule has 9 aromatic rings. The Morgan fingerprint density at radius 2 is 0.702 bits per heavy atom. The summed E-state index contributed by atoms with van der Waals surface area (Å²) in [5.41, 5.74) is 11.4. The van der Waals surface area contributed by atoms with Crippen molar-refractivity contribution in [2.24, 2.45) is 0 Å². The Bertz CT molecular complexity index is 2560. The van der Waals surface area contributed by atoms with E-state index in [-0.39, 0.29) is 0 Å². The molecule has 0 bridgehead atoms. The fourth-order valence-electron chi connectivity index (χ4n) is 7.57. The zero-order valence-corrected chi connectivity index (χ0v) is 26.2. The Morgan fingerprint density at radius 1 is 0.277 bits per heavy atom. The topological polar surface area (TPSA) is 0 Å². The van der Waals surface area contributed by atoms with Gasteiger partial charge >= 0.3 is 0 Å². The van der Waals surface area contributed by atoms with Crippen molar-refractivity contribution in [3.05, 3.63) is 181 Å². The molecule has 0 aliphatic rings. The van der Waals surface area contributed by atoms with E-state index in [1.54, 1.807) is 0 Å². The van der Waals surface area contributed by atoms with Crippen LogP contribution in [0.5, 0.6) is 0 Å². The maximum absolute atomic E-state index is 2.41. The molecule has 0 aliphatic heterocycles. The molecular formula is C47H32. The SMILES string of the molecule is Cc1ccccc1-c1c2ccccc2c(-c2ccc3cccc(-c4ccc(-c5cccc6ccccc56)cc4)c3c2)c2ccccc12. The molecule has 0 atom stereocenters. The average molecular weight is 597 g/mol. The summed E-state index contributed by atoms with van der Waals surface area (Å²) < 4.78 is 0. The van der Waals surface area contributed by atoms with Crippen molar-refractivity contribution in [2.45, 2.75) is 6.92 Å². The van der Waals surface area contributed by atoms with Gasteiger partial charge in [0.05, 0.1) is 0 Å². The highest BCUT2D eigenvalue weighted by molar-refractivity contribution is 6.22. The van der Waals surface area contributed by atoms with E-state index in [1.165, 1.54) is 93.2 Å². The summed E-state index contributed by atoms with van der Waals surface area (Å²) in [7, 11) is 0. The van der Waals surface area contributed by atoms with E-state index in [1.807, 2.05) is 0 Å². The first-order chi connectivity index (χ1) is 23.2. The van der Waals surface area contributed by atoms with Gasteiger partial charge in [0.1, 0.15) is 0 Å². The number of hydrogen-bond acceptors (Lipinski definition) is 0. The van der Waals surface area contributed by atoms with Crippen LogP contribution in [-0.4, -0.2) is 0 Å². The minimum Gasteiger partial charge on any atom is -0.0620 e. The minimum absolute atomic E-state index is 1.22. The average Bonchev–Trinajstić information content (AvgIpc) is 3.13. The molecule has 0 heterocycles. The monoisotopic (exact) mass is 596 g/mol. The van der Waals surface area contributed by atoms with Gasteiger partial charge in [-0.3, -0.25) is 0 Å². The highest BCUT2D eigenvalue weighted by Crippen LogP contribution is 2.45. The Morgan fingerprint density at radius 3 is 1.32 bits per heavy atom. The molecule has 0 aliphatic carbocycles. The van der Waals surface area contributed by atoms with Gasteiger partial charge in [0.2, 0.25) is 0 Å². The Hall–Kier alpha value is -5.98. The highest BCUT2D eigenvalue weighted by atomic mass is 14.2. The Labute approximate surface area is 275 Å². The summed E-state index contributed by atoms with van der Waals surface area (Å²) in [4.78, 5) is 0. The number of benzene rings is 9. The van der Waals surface area contributed by atoms with E-state index in [9.17, 15) is 0 Å². The van der Waals surface area contributed by atoms with Crippen molar-refractivity contribution in [2.75, 3.05) is 0 Å². The standard InChI is InChI=1S/C47H32/c1-31-12-2-4-16-37(31)47-43-20-8-6-18-41(43)46(42-19-7-9-21-44(42)47)36-29-28-33-15-11-23-40(45(33)30-36)35-26-24-34(25-27-35)39-22-10-14-32-13-3-5-17-38(32)39/h2-30H,1H3. The van der Waals surface area contributed by atoms with Gasteiger partial charge in [-0.1, -0.05) is 170 Å². The predicted octanol–water partition coefficient (Wildman–Crippen LogP) is 13.3. The van der Waals surface area contributed by atoms with E-state index >= 15 is 0 Å². The zero-order chi connectivity index (χ0) is 31.3. The van der Waals surface area contributed by atoms with Crippen LogP contribution in [0, 0.1) is 6.92 Å². The van der Waals surface area contributed by atoms with E-state index in [0.717, 1.165) is 0 Å². The molecule has 0 saturated carbocycles. The first-order valence-corrected chi connectivity index (χ1v) is 16.4. The van der Waals surface area contributed by atoms with Gasteiger partial charge in [-0.05, 0) is 106 Å². The summed E-state index contributed by atoms with van der Waals surface area (Å²) in [6.45, 7) is 2.21. The van der Waals surface area contributed by atoms with Gasteiger partial charge in [-0.25, -0.2) is 0 Å². The van der Waals surface area contributed by atoms with Gasteiger partial charge in [0.25, 0.3) is 0 Å². The molecular weight excluding hydrogens is 565 g/mol. The number of rotatable bonds is 4. The highest BCUT2D eigenvalue weighted by Gasteiger charge is 2.18. The van der Waals surface area contributed by atoms with Crippen molar-refractivity contribution in [3.63, 3.8) is 0 Å². The second-order valence-corrected chi connectivity index (χ2v) is 12.5. The van der Waals surface area contributed by atoms with Crippen LogP contribution in [-0.2, 0) is 0 Å². The van der Waals surface area contributed by atoms with Crippen molar-refractivity contribution in [1.82, 2.24) is 0 Å². The van der Waals surface area contributed by atoms with Gasteiger partial charge < -0.3 is 0 Å². The molecule has 0 saturated heterocycles. The predicted molar refractivity (Wildman–Crippen MR) is 203 cm³/mol. The molecule has 220 valence electrons. The van der Waals surface area contributed by atoms with E-state index in [4.69, 9.17) is 0 Å². The fourth-order valence-corrected chi connectivity index (χ4v) is 7.57. The number of aryl methyl sites for hydroxylation is 1. The van der Waals surface area contributed by atoms with Crippen LogP contribution in [0.1, 0.15) is 5.56 Å². The maximum Gasteiger partial charge on any atom is -0.00237 e. The lowest BCUT2D eigenvalue weighted by Gasteiger charge is -2.19. The molecule has 0 N–H and O–H groups in total. The molecule has 0 spiro atoms. The largest absolute Gasteiger partial charge is 0.0620 e. The summed E-state index contributed by atoms with van der Waals surface area (Å²) in [6.07, 6.45) is 0. The van der Waals surface area contributed by atoms with Crippen molar-refractivity contribution < 1.29 is 0 Å². The molecule has 0 amide bonds. The first-order valence-electron chi connectivity index (χ1n) is 16.4. The van der Waals surface area contributed by atoms with Crippen LogP contribution in [0.4, 0.5) is 0 Å². The van der Waals surface area contributed by atoms with Crippen LogP contribution in [0.25, 0.3) is 87.6 Å². The van der Waals surface area contributed by atoms with Gasteiger partial charge in [0, 0.05) is 0 Å². The van der Waals surface area contributed by atoms with Gasteiger partial charge in [-0.15, -0.1) is 0 Å². The molecule has 0 fully saturated rings. The number of fused-ring (bicyclic) bond motifs is 4. The molecule has 0 heteroatoms. The third-order valence-electron chi connectivity index (χ3n) is 9.81. The second-order valence-electron chi connectivity index (χ2n) is 12.5. The third-order valence-corrected chi connectivity index (χ3v) is 9.81. The molecule has 0 radical (unpaired) electrons. The number of hydrogen-bond donors (Lipinski definition) is 0. The van der Waals surface area contributed by atoms with E-state index in [0.29, 0.717) is 0 Å². The van der Waals surface area contributed by atoms with Crippen LogP contribution in [0.3, 0.4) is 0 Å². The lowest BCUT2D eigenvalue weighted by Crippen LogP contribution is -1.92. The lowest BCUT2D eigenvalue weighted by molar-refractivity contribution is 1.47. The molecule has 9 rings (SSSR count). The van der Waals surface area contributed by atoms with Gasteiger partial charge in [-0.2, -0.15) is 0 Å². The summed E-state index contributed by atoms with van der Waals surface area (Å²) in [5, 5.41) is 10.2. The van der Waals surface area contributed by atoms with Gasteiger partial charge in [0.15, 0.2) is 0 Å². The molecule has 47 heavy (non-hydrogen) atoms. The van der Waals surface area contributed by atoms with Crippen molar-refractivity contribution in [3.8, 4) is 44.5 Å². The quantitative estimate of drug-likeness (QED) is 0.177. The minimum atomic E-state index is 1.22. The molecule has 0 unspecified atom stereocenters.